The predicted molar refractivity (Wildman–Crippen MR) is 65.2 cm³/mol. The molecular weight excluding hydrogens is 216 g/mol. The monoisotopic (exact) mass is 230 g/mol. The van der Waals surface area contributed by atoms with Crippen molar-refractivity contribution in [2.45, 2.75) is 6.10 Å². The van der Waals surface area contributed by atoms with E-state index in [9.17, 15) is 10.2 Å². The third-order valence-electron chi connectivity index (χ3n) is 2.66. The SMILES string of the molecule is COc1ccc(C(O)c2ccccc2O)cc1. The lowest BCUT2D eigenvalue weighted by Gasteiger charge is -2.13. The van der Waals surface area contributed by atoms with Gasteiger partial charge < -0.3 is 14.9 Å². The molecule has 0 aliphatic heterocycles. The van der Waals surface area contributed by atoms with Gasteiger partial charge in [-0.15, -0.1) is 0 Å². The second-order valence-electron chi connectivity index (χ2n) is 3.73. The first-order chi connectivity index (χ1) is 8.22. The molecule has 2 aromatic rings. The maximum atomic E-state index is 10.1. The summed E-state index contributed by atoms with van der Waals surface area (Å²) in [5.41, 5.74) is 1.21. The van der Waals surface area contributed by atoms with Crippen LogP contribution in [0.2, 0.25) is 0 Å². The Kier molecular flexibility index (Phi) is 3.30. The number of aliphatic hydroxyl groups excluding tert-OH is 1. The molecule has 0 aromatic heterocycles. The minimum absolute atomic E-state index is 0.0934. The van der Waals surface area contributed by atoms with E-state index in [4.69, 9.17) is 4.74 Å². The van der Waals surface area contributed by atoms with Crippen LogP contribution in [0, 0.1) is 0 Å². The van der Waals surface area contributed by atoms with Gasteiger partial charge in [0.25, 0.3) is 0 Å². The molecule has 0 fully saturated rings. The standard InChI is InChI=1S/C14H14O3/c1-17-11-8-6-10(7-9-11)14(16)12-4-2-3-5-13(12)15/h2-9,14-16H,1H3. The molecule has 0 spiro atoms. The van der Waals surface area contributed by atoms with Crippen molar-refractivity contribution in [1.29, 1.82) is 0 Å². The molecule has 2 rings (SSSR count). The second kappa shape index (κ2) is 4.89. The van der Waals surface area contributed by atoms with Gasteiger partial charge in [0.2, 0.25) is 0 Å². The fraction of sp³-hybridized carbons (Fsp3) is 0.143. The Morgan fingerprint density at radius 2 is 1.65 bits per heavy atom. The first kappa shape index (κ1) is 11.5. The van der Waals surface area contributed by atoms with E-state index >= 15 is 0 Å². The predicted octanol–water partition coefficient (Wildman–Crippen LogP) is 2.48. The lowest BCUT2D eigenvalue weighted by Crippen LogP contribution is -1.99. The summed E-state index contributed by atoms with van der Waals surface area (Å²) in [5, 5.41) is 19.8. The van der Waals surface area contributed by atoms with Gasteiger partial charge in [0.05, 0.1) is 7.11 Å². The summed E-state index contributed by atoms with van der Waals surface area (Å²) in [5.74, 6) is 0.828. The second-order valence-corrected chi connectivity index (χ2v) is 3.73. The van der Waals surface area contributed by atoms with Crippen LogP contribution in [-0.4, -0.2) is 17.3 Å². The number of benzene rings is 2. The number of phenols is 1. The van der Waals surface area contributed by atoms with Gasteiger partial charge in [0, 0.05) is 5.56 Å². The number of hydrogen-bond acceptors (Lipinski definition) is 3. The van der Waals surface area contributed by atoms with E-state index in [-0.39, 0.29) is 5.75 Å². The van der Waals surface area contributed by atoms with Crippen molar-refractivity contribution in [3.05, 3.63) is 59.7 Å². The first-order valence-electron chi connectivity index (χ1n) is 5.32. The van der Waals surface area contributed by atoms with E-state index in [1.165, 1.54) is 0 Å². The molecule has 0 radical (unpaired) electrons. The fourth-order valence-electron chi connectivity index (χ4n) is 1.68. The molecule has 0 saturated carbocycles. The molecule has 3 heteroatoms. The molecule has 1 atom stereocenters. The van der Waals surface area contributed by atoms with Crippen LogP contribution in [-0.2, 0) is 0 Å². The summed E-state index contributed by atoms with van der Waals surface area (Å²) in [6.45, 7) is 0. The Balaban J connectivity index is 2.30. The number of ether oxygens (including phenoxy) is 1. The summed E-state index contributed by atoms with van der Waals surface area (Å²) in [6.07, 6.45) is -0.831. The van der Waals surface area contributed by atoms with E-state index < -0.39 is 6.10 Å². The molecule has 0 aliphatic carbocycles. The maximum Gasteiger partial charge on any atom is 0.121 e. The van der Waals surface area contributed by atoms with Crippen molar-refractivity contribution in [1.82, 2.24) is 0 Å². The van der Waals surface area contributed by atoms with Gasteiger partial charge in [-0.25, -0.2) is 0 Å². The van der Waals surface area contributed by atoms with Gasteiger partial charge in [-0.1, -0.05) is 30.3 Å². The highest BCUT2D eigenvalue weighted by Crippen LogP contribution is 2.29. The molecule has 0 heterocycles. The van der Waals surface area contributed by atoms with Crippen LogP contribution in [0.25, 0.3) is 0 Å². The normalized spacial score (nSPS) is 12.1. The highest BCUT2D eigenvalue weighted by Gasteiger charge is 2.13. The molecule has 0 bridgehead atoms. The van der Waals surface area contributed by atoms with E-state index in [1.807, 2.05) is 0 Å². The topological polar surface area (TPSA) is 49.7 Å². The van der Waals surface area contributed by atoms with Crippen LogP contribution in [0.3, 0.4) is 0 Å². The summed E-state index contributed by atoms with van der Waals surface area (Å²) < 4.78 is 5.05. The van der Waals surface area contributed by atoms with Gasteiger partial charge >= 0.3 is 0 Å². The van der Waals surface area contributed by atoms with Gasteiger partial charge in [0.15, 0.2) is 0 Å². The van der Waals surface area contributed by atoms with Crippen molar-refractivity contribution < 1.29 is 14.9 Å². The molecule has 2 N–H and O–H groups in total. The van der Waals surface area contributed by atoms with Crippen molar-refractivity contribution >= 4 is 0 Å². The van der Waals surface area contributed by atoms with Crippen molar-refractivity contribution in [2.75, 3.05) is 7.11 Å². The Labute approximate surface area is 99.9 Å². The lowest BCUT2D eigenvalue weighted by molar-refractivity contribution is 0.215. The number of para-hydroxylation sites is 1. The molecule has 0 aliphatic rings. The maximum absolute atomic E-state index is 10.1. The van der Waals surface area contributed by atoms with Crippen molar-refractivity contribution in [3.8, 4) is 11.5 Å². The third-order valence-corrected chi connectivity index (χ3v) is 2.66. The van der Waals surface area contributed by atoms with Crippen molar-refractivity contribution in [3.63, 3.8) is 0 Å². The first-order valence-corrected chi connectivity index (χ1v) is 5.32. The minimum atomic E-state index is -0.831. The zero-order valence-electron chi connectivity index (χ0n) is 9.50. The number of aliphatic hydroxyl groups is 1. The number of hydrogen-bond donors (Lipinski definition) is 2. The number of aromatic hydroxyl groups is 1. The summed E-state index contributed by atoms with van der Waals surface area (Å²) >= 11 is 0. The van der Waals surface area contributed by atoms with Crippen LogP contribution in [0.5, 0.6) is 11.5 Å². The van der Waals surface area contributed by atoms with Crippen LogP contribution in [0.15, 0.2) is 48.5 Å². The van der Waals surface area contributed by atoms with E-state index in [0.717, 1.165) is 5.75 Å². The highest BCUT2D eigenvalue weighted by molar-refractivity contribution is 5.40. The van der Waals surface area contributed by atoms with Gasteiger partial charge in [0.1, 0.15) is 17.6 Å². The number of rotatable bonds is 3. The summed E-state index contributed by atoms with van der Waals surface area (Å²) in [7, 11) is 1.59. The largest absolute Gasteiger partial charge is 0.508 e. The van der Waals surface area contributed by atoms with Crippen molar-refractivity contribution in [2.24, 2.45) is 0 Å². The highest BCUT2D eigenvalue weighted by atomic mass is 16.5. The van der Waals surface area contributed by atoms with Gasteiger partial charge in [-0.05, 0) is 23.8 Å². The smallest absolute Gasteiger partial charge is 0.121 e. The molecule has 0 amide bonds. The average Bonchev–Trinajstić information content (AvgIpc) is 2.39. The van der Waals surface area contributed by atoms with Crippen LogP contribution < -0.4 is 4.74 Å². The number of methoxy groups -OCH3 is 1. The van der Waals surface area contributed by atoms with E-state index in [2.05, 4.69) is 0 Å². The van der Waals surface area contributed by atoms with Gasteiger partial charge in [-0.3, -0.25) is 0 Å². The zero-order chi connectivity index (χ0) is 12.3. The Bertz CT molecular complexity index is 491. The lowest BCUT2D eigenvalue weighted by atomic mass is 10.0. The molecule has 1 unspecified atom stereocenters. The average molecular weight is 230 g/mol. The van der Waals surface area contributed by atoms with Crippen LogP contribution in [0.4, 0.5) is 0 Å². The summed E-state index contributed by atoms with van der Waals surface area (Å²) in [6, 6.07) is 13.9. The van der Waals surface area contributed by atoms with E-state index in [1.54, 1.807) is 55.6 Å². The van der Waals surface area contributed by atoms with Gasteiger partial charge in [-0.2, -0.15) is 0 Å². The molecular formula is C14H14O3. The molecule has 3 nitrogen and oxygen atoms in total. The molecule has 17 heavy (non-hydrogen) atoms. The Hall–Kier alpha value is -2.00. The molecule has 88 valence electrons. The van der Waals surface area contributed by atoms with Crippen LogP contribution >= 0.6 is 0 Å². The summed E-state index contributed by atoms with van der Waals surface area (Å²) in [4.78, 5) is 0. The zero-order valence-corrected chi connectivity index (χ0v) is 9.50. The number of phenolic OH excluding ortho intramolecular Hbond substituents is 1. The third kappa shape index (κ3) is 2.40. The van der Waals surface area contributed by atoms with E-state index in [0.29, 0.717) is 11.1 Å². The minimum Gasteiger partial charge on any atom is -0.508 e. The fourth-order valence-corrected chi connectivity index (χ4v) is 1.68. The Morgan fingerprint density at radius 1 is 1.00 bits per heavy atom. The quantitative estimate of drug-likeness (QED) is 0.851. The Morgan fingerprint density at radius 3 is 2.24 bits per heavy atom. The van der Waals surface area contributed by atoms with Crippen LogP contribution in [0.1, 0.15) is 17.2 Å². The molecule has 0 saturated heterocycles. The molecule has 2 aromatic carbocycles.